The van der Waals surface area contributed by atoms with Gasteiger partial charge in [0.2, 0.25) is 0 Å². The van der Waals surface area contributed by atoms with Crippen LogP contribution in [0.4, 0.5) is 24.7 Å². The van der Waals surface area contributed by atoms with Crippen LogP contribution in [-0.4, -0.2) is 28.7 Å². The van der Waals surface area contributed by atoms with E-state index in [1.54, 1.807) is 10.8 Å². The van der Waals surface area contributed by atoms with Gasteiger partial charge in [0.25, 0.3) is 10.0 Å². The van der Waals surface area contributed by atoms with Gasteiger partial charge in [0.1, 0.15) is 17.8 Å². The van der Waals surface area contributed by atoms with E-state index in [-0.39, 0.29) is 28.7 Å². The predicted molar refractivity (Wildman–Crippen MR) is 124 cm³/mol. The molecule has 4 aromatic rings. The fraction of sp³-hybridized carbons (Fsp3) is 0.174. The number of nitrogens with two attached hydrogens (primary N) is 1. The Hall–Kier alpha value is -3.93. The maximum atomic E-state index is 13.4. The van der Waals surface area contributed by atoms with E-state index >= 15 is 0 Å². The number of hydrogen-bond donors (Lipinski definition) is 2. The number of benzene rings is 2. The Morgan fingerprint density at radius 3 is 2.49 bits per heavy atom. The Bertz CT molecular complexity index is 1550. The van der Waals surface area contributed by atoms with E-state index in [0.29, 0.717) is 17.1 Å². The Morgan fingerprint density at radius 2 is 1.80 bits per heavy atom. The summed E-state index contributed by atoms with van der Waals surface area (Å²) in [6.07, 6.45) is -1.98. The van der Waals surface area contributed by atoms with Crippen molar-refractivity contribution < 1.29 is 26.4 Å². The number of fused-ring (bicyclic) bond motifs is 1. The first kappa shape index (κ1) is 24.2. The van der Waals surface area contributed by atoms with Gasteiger partial charge in [-0.15, -0.1) is 0 Å². The molecule has 0 aliphatic heterocycles. The zero-order valence-electron chi connectivity index (χ0n) is 18.5. The van der Waals surface area contributed by atoms with Crippen LogP contribution in [0.3, 0.4) is 0 Å². The van der Waals surface area contributed by atoms with Crippen LogP contribution in [-0.2, 0) is 16.2 Å². The van der Waals surface area contributed by atoms with Gasteiger partial charge in [0.15, 0.2) is 5.78 Å². The standard InChI is InChI=1S/C23H20F3N5O3S/c1-13(2)31-11-16(19-21(27)28-12-29-22(19)31)20(32)14-6-5-7-15(10-14)30-35(33,34)18-9-4-3-8-17(18)23(24,25)26/h3-13,30H,1-2H3,(H2,27,28,29). The van der Waals surface area contributed by atoms with Crippen molar-refractivity contribution in [1.82, 2.24) is 14.5 Å². The Kier molecular flexibility index (Phi) is 6.01. The summed E-state index contributed by atoms with van der Waals surface area (Å²) in [4.78, 5) is 20.6. The summed E-state index contributed by atoms with van der Waals surface area (Å²) in [6, 6.07) is 9.26. The Balaban J connectivity index is 1.73. The number of aromatic nitrogens is 3. The molecule has 0 radical (unpaired) electrons. The van der Waals surface area contributed by atoms with Crippen molar-refractivity contribution in [2.24, 2.45) is 0 Å². The number of carbonyl (C=O) groups is 1. The lowest BCUT2D eigenvalue weighted by Crippen LogP contribution is -2.19. The molecule has 182 valence electrons. The average molecular weight is 504 g/mol. The number of ketones is 1. The quantitative estimate of drug-likeness (QED) is 0.370. The van der Waals surface area contributed by atoms with Crippen LogP contribution in [0.5, 0.6) is 0 Å². The number of hydrogen-bond acceptors (Lipinski definition) is 6. The van der Waals surface area contributed by atoms with Gasteiger partial charge in [-0.1, -0.05) is 24.3 Å². The minimum atomic E-state index is -4.87. The summed E-state index contributed by atoms with van der Waals surface area (Å²) in [5.41, 5.74) is 5.42. The third kappa shape index (κ3) is 4.56. The maximum absolute atomic E-state index is 13.4. The molecule has 0 aliphatic carbocycles. The van der Waals surface area contributed by atoms with E-state index in [1.807, 2.05) is 13.8 Å². The molecule has 0 bridgehead atoms. The number of nitrogens with one attached hydrogen (secondary N) is 1. The molecule has 35 heavy (non-hydrogen) atoms. The fourth-order valence-corrected chi connectivity index (χ4v) is 4.98. The van der Waals surface area contributed by atoms with Crippen LogP contribution >= 0.6 is 0 Å². The molecule has 8 nitrogen and oxygen atoms in total. The molecule has 12 heteroatoms. The van der Waals surface area contributed by atoms with E-state index in [1.165, 1.54) is 36.7 Å². The second-order valence-electron chi connectivity index (χ2n) is 8.01. The highest BCUT2D eigenvalue weighted by Crippen LogP contribution is 2.35. The molecule has 0 amide bonds. The highest BCUT2D eigenvalue weighted by atomic mass is 32.2. The van der Waals surface area contributed by atoms with Gasteiger partial charge >= 0.3 is 6.18 Å². The summed E-state index contributed by atoms with van der Waals surface area (Å²) in [5.74, 6) is -0.369. The van der Waals surface area contributed by atoms with Crippen molar-refractivity contribution in [2.45, 2.75) is 31.0 Å². The molecular weight excluding hydrogens is 483 g/mol. The summed E-state index contributed by atoms with van der Waals surface area (Å²) in [5, 5.41) is 0.358. The number of halogens is 3. The number of alkyl halides is 3. The zero-order chi connectivity index (χ0) is 25.5. The van der Waals surface area contributed by atoms with Crippen LogP contribution in [0.25, 0.3) is 11.0 Å². The third-order valence-electron chi connectivity index (χ3n) is 5.30. The van der Waals surface area contributed by atoms with Crippen LogP contribution in [0.15, 0.2) is 66.0 Å². The van der Waals surface area contributed by atoms with E-state index in [4.69, 9.17) is 5.73 Å². The van der Waals surface area contributed by atoms with Crippen LogP contribution in [0.1, 0.15) is 41.4 Å². The lowest BCUT2D eigenvalue weighted by Gasteiger charge is -2.14. The molecule has 2 heterocycles. The van der Waals surface area contributed by atoms with Crippen molar-refractivity contribution in [1.29, 1.82) is 0 Å². The normalized spacial score (nSPS) is 12.3. The minimum Gasteiger partial charge on any atom is -0.383 e. The number of nitrogens with zero attached hydrogens (tertiary/aromatic N) is 3. The largest absolute Gasteiger partial charge is 0.417 e. The van der Waals surface area contributed by atoms with E-state index in [2.05, 4.69) is 14.7 Å². The van der Waals surface area contributed by atoms with Crippen molar-refractivity contribution in [3.05, 3.63) is 77.7 Å². The van der Waals surface area contributed by atoms with Crippen LogP contribution < -0.4 is 10.5 Å². The molecule has 0 spiro atoms. The first-order valence-electron chi connectivity index (χ1n) is 10.3. The van der Waals surface area contributed by atoms with Crippen molar-refractivity contribution in [3.8, 4) is 0 Å². The van der Waals surface area contributed by atoms with E-state index < -0.39 is 32.4 Å². The molecule has 0 unspecified atom stereocenters. The number of carbonyl (C=O) groups excluding carboxylic acids is 1. The van der Waals surface area contributed by atoms with Crippen LogP contribution in [0, 0.1) is 0 Å². The smallest absolute Gasteiger partial charge is 0.383 e. The topological polar surface area (TPSA) is 120 Å². The second kappa shape index (κ2) is 8.69. The molecule has 0 saturated carbocycles. The van der Waals surface area contributed by atoms with Gasteiger partial charge in [0.05, 0.1) is 21.4 Å². The summed E-state index contributed by atoms with van der Waals surface area (Å²) < 4.78 is 69.5. The Labute approximate surface area is 198 Å². The summed E-state index contributed by atoms with van der Waals surface area (Å²) in [6.45, 7) is 3.81. The molecule has 0 aliphatic rings. The first-order valence-corrected chi connectivity index (χ1v) is 11.8. The molecule has 2 aromatic carbocycles. The average Bonchev–Trinajstić information content (AvgIpc) is 3.19. The van der Waals surface area contributed by atoms with Gasteiger partial charge < -0.3 is 10.3 Å². The van der Waals surface area contributed by atoms with E-state index in [0.717, 1.165) is 12.1 Å². The second-order valence-corrected chi connectivity index (χ2v) is 9.66. The Morgan fingerprint density at radius 1 is 1.09 bits per heavy atom. The van der Waals surface area contributed by atoms with Gasteiger partial charge in [0, 0.05) is 23.5 Å². The van der Waals surface area contributed by atoms with Crippen molar-refractivity contribution in [3.63, 3.8) is 0 Å². The van der Waals surface area contributed by atoms with Crippen molar-refractivity contribution >= 4 is 38.3 Å². The number of nitrogen functional groups attached to an aromatic ring is 1. The molecule has 0 atom stereocenters. The van der Waals surface area contributed by atoms with Gasteiger partial charge in [-0.25, -0.2) is 18.4 Å². The highest BCUT2D eigenvalue weighted by molar-refractivity contribution is 7.92. The zero-order valence-corrected chi connectivity index (χ0v) is 19.4. The summed E-state index contributed by atoms with van der Waals surface area (Å²) >= 11 is 0. The minimum absolute atomic E-state index is 0.0415. The van der Waals surface area contributed by atoms with Gasteiger partial charge in [-0.2, -0.15) is 13.2 Å². The predicted octanol–water partition coefficient (Wildman–Crippen LogP) is 4.65. The highest BCUT2D eigenvalue weighted by Gasteiger charge is 2.37. The number of anilines is 2. The first-order chi connectivity index (χ1) is 16.4. The number of rotatable bonds is 6. The van der Waals surface area contributed by atoms with Gasteiger partial charge in [-0.05, 0) is 38.1 Å². The molecule has 0 saturated heterocycles. The third-order valence-corrected chi connectivity index (χ3v) is 6.74. The lowest BCUT2D eigenvalue weighted by atomic mass is 10.0. The fourth-order valence-electron chi connectivity index (χ4n) is 3.70. The van der Waals surface area contributed by atoms with Crippen molar-refractivity contribution in [2.75, 3.05) is 10.5 Å². The molecule has 2 aromatic heterocycles. The molecule has 0 fully saturated rings. The van der Waals surface area contributed by atoms with E-state index in [9.17, 15) is 26.4 Å². The molecule has 4 rings (SSSR count). The van der Waals surface area contributed by atoms with Crippen LogP contribution in [0.2, 0.25) is 0 Å². The summed E-state index contributed by atoms with van der Waals surface area (Å²) in [7, 11) is -4.61. The maximum Gasteiger partial charge on any atom is 0.417 e. The molecular formula is C23H20F3N5O3S. The molecule has 3 N–H and O–H groups in total. The monoisotopic (exact) mass is 503 g/mol. The SMILES string of the molecule is CC(C)n1cc(C(=O)c2cccc(NS(=O)(=O)c3ccccc3C(F)(F)F)c2)c2c(N)ncnc21. The van der Waals surface area contributed by atoms with Gasteiger partial charge in [-0.3, -0.25) is 9.52 Å². The lowest BCUT2D eigenvalue weighted by molar-refractivity contribution is -0.139. The number of sulfonamides is 1.